The van der Waals surface area contributed by atoms with E-state index in [9.17, 15) is 21.6 Å². The van der Waals surface area contributed by atoms with E-state index in [-0.39, 0.29) is 0 Å². The second kappa shape index (κ2) is 6.90. The average Bonchev–Trinajstić information content (AvgIpc) is 2.55. The van der Waals surface area contributed by atoms with E-state index >= 15 is 0 Å². The fourth-order valence-electron chi connectivity index (χ4n) is 1.16. The summed E-state index contributed by atoms with van der Waals surface area (Å²) in [6, 6.07) is 0. The van der Waals surface area contributed by atoms with E-state index in [1.165, 1.54) is 18.7 Å². The van der Waals surface area contributed by atoms with Crippen LogP contribution in [0.5, 0.6) is 0 Å². The van der Waals surface area contributed by atoms with Crippen LogP contribution in [0.2, 0.25) is 0 Å². The first-order valence-electron chi connectivity index (χ1n) is 5.58. The summed E-state index contributed by atoms with van der Waals surface area (Å²) in [6.07, 6.45) is 6.78. The topological polar surface area (TPSA) is 66.8 Å². The molecule has 0 atom stereocenters. The highest BCUT2D eigenvalue weighted by Crippen LogP contribution is 2.22. The molecule has 0 aromatic carbocycles. The van der Waals surface area contributed by atoms with Gasteiger partial charge in [-0.05, 0) is 6.42 Å². The number of hydrogen-bond acceptors (Lipinski definition) is 2. The molecule has 0 saturated carbocycles. The van der Waals surface area contributed by atoms with Crippen LogP contribution in [-0.2, 0) is 23.6 Å². The van der Waals surface area contributed by atoms with Crippen molar-refractivity contribution in [1.29, 1.82) is 0 Å². The lowest BCUT2D eigenvalue weighted by molar-refractivity contribution is -0.677. The van der Waals surface area contributed by atoms with Crippen LogP contribution in [0.25, 0.3) is 5.14 Å². The SMILES string of the molecule is CCCCn1cc[n+](C)c1C.[NH-]S(=O)(=O)C(F)(F)F. The van der Waals surface area contributed by atoms with Crippen molar-refractivity contribution >= 4 is 10.0 Å². The van der Waals surface area contributed by atoms with Gasteiger partial charge >= 0.3 is 5.51 Å². The third kappa shape index (κ3) is 6.06. The van der Waals surface area contributed by atoms with Crippen LogP contribution in [0.4, 0.5) is 13.2 Å². The molecule has 0 radical (unpaired) electrons. The predicted molar refractivity (Wildman–Crippen MR) is 64.5 cm³/mol. The average molecular weight is 301 g/mol. The minimum absolute atomic E-state index is 1.16. The zero-order valence-electron chi connectivity index (χ0n) is 11.0. The number of sulfonamides is 1. The summed E-state index contributed by atoms with van der Waals surface area (Å²) in [6.45, 7) is 5.53. The van der Waals surface area contributed by atoms with Gasteiger partial charge in [0.2, 0.25) is 0 Å². The number of alkyl halides is 3. The van der Waals surface area contributed by atoms with Gasteiger partial charge in [0.15, 0.2) is 10.0 Å². The number of halogens is 3. The number of nitrogens with one attached hydrogen (secondary N) is 1. The van der Waals surface area contributed by atoms with Gasteiger partial charge in [-0.2, -0.15) is 13.2 Å². The van der Waals surface area contributed by atoms with Crippen molar-refractivity contribution in [3.63, 3.8) is 0 Å². The summed E-state index contributed by atoms with van der Waals surface area (Å²) in [5.41, 5.74) is -5.42. The van der Waals surface area contributed by atoms with Crippen molar-refractivity contribution in [2.24, 2.45) is 7.05 Å². The molecule has 5 nitrogen and oxygen atoms in total. The van der Waals surface area contributed by atoms with Gasteiger partial charge in [0, 0.05) is 6.92 Å². The largest absolute Gasteiger partial charge is 0.556 e. The molecule has 1 N–H and O–H groups in total. The highest BCUT2D eigenvalue weighted by molar-refractivity contribution is 7.93. The van der Waals surface area contributed by atoms with E-state index in [0.29, 0.717) is 0 Å². The quantitative estimate of drug-likeness (QED) is 0.804. The summed E-state index contributed by atoms with van der Waals surface area (Å²) in [7, 11) is -3.51. The van der Waals surface area contributed by atoms with Gasteiger partial charge in [-0.25, -0.2) is 17.6 Å². The van der Waals surface area contributed by atoms with Crippen LogP contribution in [0.15, 0.2) is 12.4 Å². The maximum Gasteiger partial charge on any atom is 0.479 e. The smallest absolute Gasteiger partial charge is 0.479 e. The molecular weight excluding hydrogens is 283 g/mol. The summed E-state index contributed by atoms with van der Waals surface area (Å²) >= 11 is 0. The normalized spacial score (nSPS) is 11.9. The van der Waals surface area contributed by atoms with Crippen molar-refractivity contribution in [3.05, 3.63) is 23.4 Å². The minimum atomic E-state index is -5.59. The first-order valence-corrected chi connectivity index (χ1v) is 7.06. The zero-order valence-corrected chi connectivity index (χ0v) is 11.8. The lowest BCUT2D eigenvalue weighted by Gasteiger charge is -2.07. The molecule has 1 aromatic rings. The molecule has 0 saturated heterocycles. The van der Waals surface area contributed by atoms with E-state index < -0.39 is 15.5 Å². The van der Waals surface area contributed by atoms with Crippen molar-refractivity contribution in [2.75, 3.05) is 0 Å². The monoisotopic (exact) mass is 301 g/mol. The first kappa shape index (κ1) is 17.9. The fourth-order valence-corrected chi connectivity index (χ4v) is 1.16. The van der Waals surface area contributed by atoms with Gasteiger partial charge in [-0.1, -0.05) is 13.3 Å². The van der Waals surface area contributed by atoms with Crippen LogP contribution in [0.1, 0.15) is 25.6 Å². The molecule has 0 unspecified atom stereocenters. The molecule has 0 bridgehead atoms. The molecule has 0 aliphatic heterocycles. The number of imidazole rings is 1. The molecule has 0 amide bonds. The number of nitrogens with zero attached hydrogens (tertiary/aromatic N) is 2. The second-order valence-corrected chi connectivity index (χ2v) is 5.42. The molecule has 1 heterocycles. The highest BCUT2D eigenvalue weighted by atomic mass is 32.2. The molecule has 1 aromatic heterocycles. The summed E-state index contributed by atoms with van der Waals surface area (Å²) < 4.78 is 55.2. The number of aromatic nitrogens is 2. The number of unbranched alkanes of at least 4 members (excludes halogenated alkanes) is 1. The van der Waals surface area contributed by atoms with Crippen LogP contribution in [-0.4, -0.2) is 18.5 Å². The zero-order chi connectivity index (χ0) is 15.3. The van der Waals surface area contributed by atoms with Crippen molar-refractivity contribution in [1.82, 2.24) is 4.57 Å². The number of rotatable bonds is 3. The molecule has 0 spiro atoms. The molecule has 0 aliphatic carbocycles. The van der Waals surface area contributed by atoms with Crippen LogP contribution in [0.3, 0.4) is 0 Å². The van der Waals surface area contributed by atoms with E-state index in [0.717, 1.165) is 6.54 Å². The second-order valence-electron chi connectivity index (χ2n) is 3.95. The maximum absolute atomic E-state index is 10.8. The molecule has 112 valence electrons. The van der Waals surface area contributed by atoms with E-state index in [2.05, 4.69) is 42.4 Å². The van der Waals surface area contributed by atoms with Gasteiger partial charge in [0.1, 0.15) is 12.4 Å². The fraction of sp³-hybridized carbons (Fsp3) is 0.700. The maximum atomic E-state index is 10.8. The van der Waals surface area contributed by atoms with Crippen molar-refractivity contribution < 1.29 is 26.2 Å². The number of hydrogen-bond donors (Lipinski definition) is 0. The Morgan fingerprint density at radius 1 is 1.42 bits per heavy atom. The Labute approximate surface area is 110 Å². The summed E-state index contributed by atoms with van der Waals surface area (Å²) in [5.74, 6) is 1.33. The lowest BCUT2D eigenvalue weighted by Crippen LogP contribution is -2.29. The van der Waals surface area contributed by atoms with Gasteiger partial charge in [-0.15, -0.1) is 0 Å². The Hall–Kier alpha value is -1.09. The Morgan fingerprint density at radius 2 is 1.89 bits per heavy atom. The third-order valence-electron chi connectivity index (χ3n) is 2.45. The molecule has 1 rings (SSSR count). The van der Waals surface area contributed by atoms with E-state index in [4.69, 9.17) is 5.14 Å². The Morgan fingerprint density at radius 3 is 2.16 bits per heavy atom. The molecule has 0 aliphatic rings. The molecule has 9 heteroatoms. The molecule has 0 fully saturated rings. The van der Waals surface area contributed by atoms with E-state index in [1.54, 1.807) is 0 Å². The first-order chi connectivity index (χ1) is 8.50. The lowest BCUT2D eigenvalue weighted by atomic mass is 10.3. The van der Waals surface area contributed by atoms with Gasteiger partial charge < -0.3 is 5.14 Å². The van der Waals surface area contributed by atoms with Gasteiger partial charge in [0.05, 0.1) is 13.6 Å². The van der Waals surface area contributed by atoms with Gasteiger partial charge in [0.25, 0.3) is 5.82 Å². The van der Waals surface area contributed by atoms with Crippen molar-refractivity contribution in [3.8, 4) is 0 Å². The van der Waals surface area contributed by atoms with Crippen LogP contribution in [0, 0.1) is 6.92 Å². The number of aryl methyl sites for hydroxylation is 2. The van der Waals surface area contributed by atoms with E-state index in [1.807, 2.05) is 0 Å². The van der Waals surface area contributed by atoms with Gasteiger partial charge in [-0.3, -0.25) is 0 Å². The Bertz CT molecular complexity index is 495. The minimum Gasteiger partial charge on any atom is -0.556 e. The molecular formula is C10H18F3N3O2S. The Kier molecular flexibility index (Phi) is 6.50. The highest BCUT2D eigenvalue weighted by Gasteiger charge is 2.36. The Balaban J connectivity index is 0.000000362. The standard InChI is InChI=1S/C9H17N2.CHF3NO2S/c1-4-5-6-11-8-7-10(3)9(11)2;2-1(3,4)8(5,6)7/h7-8H,4-6H2,1-3H3;(H-,5,6,7)/q+1;-1. The van der Waals surface area contributed by atoms with Crippen LogP contribution < -0.4 is 4.57 Å². The summed E-state index contributed by atoms with van der Waals surface area (Å²) in [4.78, 5) is 0. The predicted octanol–water partition coefficient (Wildman–Crippen LogP) is 2.31. The summed E-state index contributed by atoms with van der Waals surface area (Å²) in [5, 5.41) is 5.43. The van der Waals surface area contributed by atoms with Crippen molar-refractivity contribution in [2.45, 2.75) is 38.7 Å². The van der Waals surface area contributed by atoms with Crippen LogP contribution >= 0.6 is 0 Å². The third-order valence-corrected chi connectivity index (χ3v) is 3.06. The molecule has 19 heavy (non-hydrogen) atoms.